The van der Waals surface area contributed by atoms with Gasteiger partial charge < -0.3 is 0 Å². The van der Waals surface area contributed by atoms with E-state index >= 15 is 0 Å². The predicted molar refractivity (Wildman–Crippen MR) is 60.3 cm³/mol. The Kier molecular flexibility index (Phi) is 1.98. The molecule has 0 amide bonds. The number of fused-ring (bicyclic) bond motifs is 2. The molecule has 0 unspecified atom stereocenters. The number of hydrogen-bond donors (Lipinski definition) is 0. The van der Waals surface area contributed by atoms with Crippen LogP contribution in [-0.2, 0) is 4.79 Å². The Bertz CT molecular complexity index is 416. The lowest BCUT2D eigenvalue weighted by molar-refractivity contribution is -0.124. The zero-order chi connectivity index (χ0) is 10.3. The number of rotatable bonds is 1. The number of benzene rings is 1. The Hall–Kier alpha value is -1.37. The average Bonchev–Trinajstić information content (AvgIpc) is 2.30. The van der Waals surface area contributed by atoms with Gasteiger partial charge >= 0.3 is 0 Å². The van der Waals surface area contributed by atoms with Crippen LogP contribution in [-0.4, -0.2) is 5.78 Å². The molecule has 0 heterocycles. The standard InChI is InChI=1S/C14H14O/c15-14-9-10-6-7-12(14)13(8-10)11-4-2-1-3-5-11/h1-5,8,10,12H,6-7,9H2/t10-,12+/m1/s1. The van der Waals surface area contributed by atoms with Crippen LogP contribution in [0.1, 0.15) is 24.8 Å². The van der Waals surface area contributed by atoms with Crippen molar-refractivity contribution >= 4 is 11.4 Å². The molecule has 1 aromatic rings. The highest BCUT2D eigenvalue weighted by Crippen LogP contribution is 2.42. The second-order valence-corrected chi connectivity index (χ2v) is 4.55. The maximum absolute atomic E-state index is 11.8. The molecule has 0 spiro atoms. The van der Waals surface area contributed by atoms with Crippen LogP contribution in [0.15, 0.2) is 36.4 Å². The maximum atomic E-state index is 11.8. The SMILES string of the molecule is O=C1C[C@H]2C=C(c3ccccc3)[C@@H]1CC2. The van der Waals surface area contributed by atoms with Crippen molar-refractivity contribution in [3.05, 3.63) is 42.0 Å². The highest BCUT2D eigenvalue weighted by molar-refractivity contribution is 5.96. The van der Waals surface area contributed by atoms with Gasteiger partial charge in [0.15, 0.2) is 0 Å². The molecule has 1 fully saturated rings. The van der Waals surface area contributed by atoms with Gasteiger partial charge in [-0.1, -0.05) is 36.4 Å². The molecule has 1 heteroatoms. The van der Waals surface area contributed by atoms with Crippen LogP contribution in [0.4, 0.5) is 0 Å². The quantitative estimate of drug-likeness (QED) is 0.677. The Labute approximate surface area is 89.8 Å². The first-order valence-corrected chi connectivity index (χ1v) is 5.64. The molecule has 3 aliphatic rings. The minimum absolute atomic E-state index is 0.192. The third-order valence-electron chi connectivity index (χ3n) is 3.58. The number of Topliss-reactive ketones (excluding diaryl/α,β-unsaturated/α-hetero) is 1. The van der Waals surface area contributed by atoms with Crippen molar-refractivity contribution in [2.75, 3.05) is 0 Å². The largest absolute Gasteiger partial charge is 0.299 e. The van der Waals surface area contributed by atoms with E-state index in [9.17, 15) is 4.79 Å². The summed E-state index contributed by atoms with van der Waals surface area (Å²) < 4.78 is 0. The third kappa shape index (κ3) is 1.43. The Morgan fingerprint density at radius 2 is 1.87 bits per heavy atom. The first-order valence-electron chi connectivity index (χ1n) is 5.64. The fourth-order valence-electron chi connectivity index (χ4n) is 2.81. The van der Waals surface area contributed by atoms with Gasteiger partial charge in [-0.15, -0.1) is 0 Å². The molecule has 15 heavy (non-hydrogen) atoms. The number of hydrogen-bond acceptors (Lipinski definition) is 1. The summed E-state index contributed by atoms with van der Waals surface area (Å²) in [7, 11) is 0. The van der Waals surface area contributed by atoms with Gasteiger partial charge in [0.25, 0.3) is 0 Å². The van der Waals surface area contributed by atoms with Gasteiger partial charge in [0.1, 0.15) is 5.78 Å². The number of carbonyl (C=O) groups is 1. The van der Waals surface area contributed by atoms with E-state index in [-0.39, 0.29) is 5.92 Å². The number of carbonyl (C=O) groups excluding carboxylic acids is 1. The van der Waals surface area contributed by atoms with Crippen LogP contribution in [0.2, 0.25) is 0 Å². The van der Waals surface area contributed by atoms with Crippen molar-refractivity contribution in [1.29, 1.82) is 0 Å². The topological polar surface area (TPSA) is 17.1 Å². The summed E-state index contributed by atoms with van der Waals surface area (Å²) in [5, 5.41) is 0. The molecule has 4 rings (SSSR count). The van der Waals surface area contributed by atoms with E-state index in [1.807, 2.05) is 18.2 Å². The van der Waals surface area contributed by atoms with Crippen molar-refractivity contribution in [1.82, 2.24) is 0 Å². The van der Waals surface area contributed by atoms with Gasteiger partial charge in [-0.05, 0) is 29.9 Å². The van der Waals surface area contributed by atoms with E-state index in [0.717, 1.165) is 12.8 Å². The van der Waals surface area contributed by atoms with E-state index in [1.165, 1.54) is 17.6 Å². The van der Waals surface area contributed by atoms with Gasteiger partial charge in [-0.2, -0.15) is 0 Å². The zero-order valence-electron chi connectivity index (χ0n) is 8.65. The lowest BCUT2D eigenvalue weighted by atomic mass is 9.69. The molecule has 1 nitrogen and oxygen atoms in total. The molecule has 0 aromatic heterocycles. The summed E-state index contributed by atoms with van der Waals surface area (Å²) >= 11 is 0. The monoisotopic (exact) mass is 198 g/mol. The van der Waals surface area contributed by atoms with Crippen molar-refractivity contribution in [2.24, 2.45) is 11.8 Å². The molecule has 3 aliphatic carbocycles. The highest BCUT2D eigenvalue weighted by atomic mass is 16.1. The molecule has 0 radical (unpaired) electrons. The predicted octanol–water partition coefficient (Wildman–Crippen LogP) is 3.07. The summed E-state index contributed by atoms with van der Waals surface area (Å²) in [5.74, 6) is 1.16. The smallest absolute Gasteiger partial charge is 0.140 e. The molecule has 2 atom stereocenters. The van der Waals surface area contributed by atoms with Crippen LogP contribution >= 0.6 is 0 Å². The second-order valence-electron chi connectivity index (χ2n) is 4.55. The van der Waals surface area contributed by atoms with Gasteiger partial charge in [-0.3, -0.25) is 4.79 Å². The van der Waals surface area contributed by atoms with Crippen LogP contribution < -0.4 is 0 Å². The van der Waals surface area contributed by atoms with Crippen molar-refractivity contribution in [3.63, 3.8) is 0 Å². The highest BCUT2D eigenvalue weighted by Gasteiger charge is 2.35. The summed E-state index contributed by atoms with van der Waals surface area (Å²) in [6, 6.07) is 10.3. The number of ketones is 1. The molecule has 0 saturated heterocycles. The van der Waals surface area contributed by atoms with Crippen molar-refractivity contribution in [3.8, 4) is 0 Å². The summed E-state index contributed by atoms with van der Waals surface area (Å²) in [6.07, 6.45) is 5.36. The fraction of sp³-hybridized carbons (Fsp3) is 0.357. The normalized spacial score (nSPS) is 29.1. The van der Waals surface area contributed by atoms with Gasteiger partial charge in [0, 0.05) is 12.3 Å². The van der Waals surface area contributed by atoms with Crippen molar-refractivity contribution < 1.29 is 4.79 Å². The third-order valence-corrected chi connectivity index (χ3v) is 3.58. The number of allylic oxidation sites excluding steroid dienone is 2. The molecule has 1 saturated carbocycles. The van der Waals surface area contributed by atoms with E-state index in [1.54, 1.807) is 0 Å². The second kappa shape index (κ2) is 3.34. The van der Waals surface area contributed by atoms with Crippen LogP contribution in [0.25, 0.3) is 5.57 Å². The Balaban J connectivity index is 2.04. The van der Waals surface area contributed by atoms with Gasteiger partial charge in [-0.25, -0.2) is 0 Å². The minimum Gasteiger partial charge on any atom is -0.299 e. The molecule has 1 aromatic carbocycles. The first-order chi connectivity index (χ1) is 7.34. The van der Waals surface area contributed by atoms with Gasteiger partial charge in [0.2, 0.25) is 0 Å². The lowest BCUT2D eigenvalue weighted by Crippen LogP contribution is -2.30. The van der Waals surface area contributed by atoms with E-state index < -0.39 is 0 Å². The van der Waals surface area contributed by atoms with Crippen LogP contribution in [0.5, 0.6) is 0 Å². The molecule has 0 N–H and O–H groups in total. The average molecular weight is 198 g/mol. The van der Waals surface area contributed by atoms with Crippen molar-refractivity contribution in [2.45, 2.75) is 19.3 Å². The van der Waals surface area contributed by atoms with E-state index in [0.29, 0.717) is 11.7 Å². The maximum Gasteiger partial charge on any atom is 0.140 e. The minimum atomic E-state index is 0.192. The molecule has 0 aliphatic heterocycles. The Morgan fingerprint density at radius 1 is 1.07 bits per heavy atom. The molecule has 76 valence electrons. The molecular formula is C14H14O. The lowest BCUT2D eigenvalue weighted by Gasteiger charge is -2.34. The Morgan fingerprint density at radius 3 is 2.53 bits per heavy atom. The van der Waals surface area contributed by atoms with E-state index in [4.69, 9.17) is 0 Å². The van der Waals surface area contributed by atoms with E-state index in [2.05, 4.69) is 18.2 Å². The van der Waals surface area contributed by atoms with Crippen LogP contribution in [0, 0.1) is 11.8 Å². The summed E-state index contributed by atoms with van der Waals surface area (Å²) in [4.78, 5) is 11.8. The molecule has 2 bridgehead atoms. The summed E-state index contributed by atoms with van der Waals surface area (Å²) in [6.45, 7) is 0. The molecular weight excluding hydrogens is 184 g/mol. The first kappa shape index (κ1) is 8.90. The van der Waals surface area contributed by atoms with Crippen LogP contribution in [0.3, 0.4) is 0 Å². The summed E-state index contributed by atoms with van der Waals surface area (Å²) in [5.41, 5.74) is 2.52. The fourth-order valence-corrected chi connectivity index (χ4v) is 2.81. The van der Waals surface area contributed by atoms with Gasteiger partial charge in [0.05, 0.1) is 0 Å². The zero-order valence-corrected chi connectivity index (χ0v) is 8.65.